The number of hydrogen-bond acceptors (Lipinski definition) is 3. The van der Waals surface area contributed by atoms with Crippen LogP contribution in [-0.4, -0.2) is 16.2 Å². The minimum Gasteiger partial charge on any atom is -0.478 e. The van der Waals surface area contributed by atoms with Crippen molar-refractivity contribution in [3.05, 3.63) is 64.2 Å². The monoisotopic (exact) mass is 291 g/mol. The molecule has 2 aromatic rings. The Labute approximate surface area is 121 Å². The summed E-state index contributed by atoms with van der Waals surface area (Å²) in [4.78, 5) is 11.1. The van der Waals surface area contributed by atoms with E-state index in [9.17, 15) is 4.79 Å². The number of hydrogen-bond donors (Lipinski definition) is 3. The summed E-state index contributed by atoms with van der Waals surface area (Å²) >= 11 is 5.80. The minimum atomic E-state index is -1.02. The molecule has 0 radical (unpaired) electrons. The lowest BCUT2D eigenvalue weighted by molar-refractivity contribution is 0.0698. The highest BCUT2D eigenvalue weighted by atomic mass is 35.5. The second kappa shape index (κ2) is 6.41. The largest absolute Gasteiger partial charge is 0.478 e. The number of halogens is 1. The zero-order valence-electron chi connectivity index (χ0n) is 10.6. The fourth-order valence-corrected chi connectivity index (χ4v) is 1.98. The van der Waals surface area contributed by atoms with Crippen LogP contribution in [0.25, 0.3) is 0 Å². The van der Waals surface area contributed by atoms with Crippen LogP contribution < -0.4 is 5.32 Å². The average molecular weight is 292 g/mol. The van der Waals surface area contributed by atoms with E-state index in [4.69, 9.17) is 21.8 Å². The van der Waals surface area contributed by atoms with Gasteiger partial charge in [-0.05, 0) is 29.3 Å². The van der Waals surface area contributed by atoms with Gasteiger partial charge in [0.2, 0.25) is 0 Å². The first-order valence-electron chi connectivity index (χ1n) is 6.05. The van der Waals surface area contributed by atoms with Crippen molar-refractivity contribution in [3.63, 3.8) is 0 Å². The Morgan fingerprint density at radius 3 is 2.35 bits per heavy atom. The van der Waals surface area contributed by atoms with Crippen molar-refractivity contribution >= 4 is 23.3 Å². The smallest absolute Gasteiger partial charge is 0.337 e. The molecule has 4 nitrogen and oxygen atoms in total. The standard InChI is InChI=1S/C15H14ClNO3/c16-12-5-6-14(13(7-12)15(19)20)17-8-10-1-3-11(9-18)4-2-10/h1-7,17-18H,8-9H2,(H,19,20). The molecule has 0 heterocycles. The van der Waals surface area contributed by atoms with Gasteiger partial charge in [0.05, 0.1) is 12.2 Å². The van der Waals surface area contributed by atoms with E-state index in [0.717, 1.165) is 11.1 Å². The molecular weight excluding hydrogens is 278 g/mol. The number of anilines is 1. The first-order valence-corrected chi connectivity index (χ1v) is 6.43. The maximum Gasteiger partial charge on any atom is 0.337 e. The van der Waals surface area contributed by atoms with Gasteiger partial charge in [-0.15, -0.1) is 0 Å². The van der Waals surface area contributed by atoms with Crippen LogP contribution in [0.1, 0.15) is 21.5 Å². The zero-order valence-corrected chi connectivity index (χ0v) is 11.4. The molecule has 20 heavy (non-hydrogen) atoms. The second-order valence-electron chi connectivity index (χ2n) is 4.32. The summed E-state index contributed by atoms with van der Waals surface area (Å²) in [5.74, 6) is -1.02. The van der Waals surface area contributed by atoms with Crippen LogP contribution in [0.4, 0.5) is 5.69 Å². The quantitative estimate of drug-likeness (QED) is 0.791. The molecule has 0 bridgehead atoms. The van der Waals surface area contributed by atoms with Crippen LogP contribution in [0.2, 0.25) is 5.02 Å². The lowest BCUT2D eigenvalue weighted by Crippen LogP contribution is -2.06. The number of benzene rings is 2. The van der Waals surface area contributed by atoms with Gasteiger partial charge in [0.25, 0.3) is 0 Å². The van der Waals surface area contributed by atoms with Gasteiger partial charge in [0.15, 0.2) is 0 Å². The van der Waals surface area contributed by atoms with Crippen molar-refractivity contribution in [2.24, 2.45) is 0 Å². The molecule has 0 unspecified atom stereocenters. The van der Waals surface area contributed by atoms with E-state index in [1.165, 1.54) is 6.07 Å². The van der Waals surface area contributed by atoms with E-state index < -0.39 is 5.97 Å². The molecule has 0 aliphatic rings. The maximum atomic E-state index is 11.1. The Morgan fingerprint density at radius 2 is 1.75 bits per heavy atom. The van der Waals surface area contributed by atoms with Crippen molar-refractivity contribution < 1.29 is 15.0 Å². The van der Waals surface area contributed by atoms with E-state index >= 15 is 0 Å². The van der Waals surface area contributed by atoms with Crippen LogP contribution in [0.5, 0.6) is 0 Å². The van der Waals surface area contributed by atoms with Gasteiger partial charge < -0.3 is 15.5 Å². The third kappa shape index (κ3) is 3.50. The van der Waals surface area contributed by atoms with E-state index in [1.807, 2.05) is 24.3 Å². The molecule has 5 heteroatoms. The lowest BCUT2D eigenvalue weighted by Gasteiger charge is -2.10. The van der Waals surface area contributed by atoms with Gasteiger partial charge in [-0.1, -0.05) is 35.9 Å². The van der Waals surface area contributed by atoms with Crippen molar-refractivity contribution in [2.45, 2.75) is 13.2 Å². The fraction of sp³-hybridized carbons (Fsp3) is 0.133. The fourth-order valence-electron chi connectivity index (χ4n) is 1.81. The number of aromatic carboxylic acids is 1. The summed E-state index contributed by atoms with van der Waals surface area (Å²) in [6.45, 7) is 0.502. The SMILES string of the molecule is O=C(O)c1cc(Cl)ccc1NCc1ccc(CO)cc1. The summed E-state index contributed by atoms with van der Waals surface area (Å²) in [6.07, 6.45) is 0. The number of aliphatic hydroxyl groups is 1. The molecule has 0 amide bonds. The zero-order chi connectivity index (χ0) is 14.5. The molecule has 0 spiro atoms. The topological polar surface area (TPSA) is 69.6 Å². The summed E-state index contributed by atoms with van der Waals surface area (Å²) < 4.78 is 0. The Hall–Kier alpha value is -2.04. The van der Waals surface area contributed by atoms with E-state index in [1.54, 1.807) is 12.1 Å². The van der Waals surface area contributed by atoms with Crippen molar-refractivity contribution in [1.82, 2.24) is 0 Å². The summed E-state index contributed by atoms with van der Waals surface area (Å²) in [5.41, 5.74) is 2.50. The Kier molecular flexibility index (Phi) is 4.61. The highest BCUT2D eigenvalue weighted by molar-refractivity contribution is 6.31. The number of carboxylic acid groups (broad SMARTS) is 1. The average Bonchev–Trinajstić information content (AvgIpc) is 2.46. The van der Waals surface area contributed by atoms with Crippen LogP contribution in [0.15, 0.2) is 42.5 Å². The molecule has 104 valence electrons. The van der Waals surface area contributed by atoms with Crippen LogP contribution in [0, 0.1) is 0 Å². The Balaban J connectivity index is 2.12. The first-order chi connectivity index (χ1) is 9.60. The number of carbonyl (C=O) groups is 1. The highest BCUT2D eigenvalue weighted by Crippen LogP contribution is 2.21. The molecule has 0 atom stereocenters. The molecule has 0 aliphatic carbocycles. The van der Waals surface area contributed by atoms with Gasteiger partial charge in [0, 0.05) is 17.3 Å². The Morgan fingerprint density at radius 1 is 1.10 bits per heavy atom. The van der Waals surface area contributed by atoms with Crippen LogP contribution in [0.3, 0.4) is 0 Å². The maximum absolute atomic E-state index is 11.1. The molecule has 0 aromatic heterocycles. The molecule has 3 N–H and O–H groups in total. The third-order valence-corrected chi connectivity index (χ3v) is 3.14. The van der Waals surface area contributed by atoms with Gasteiger partial charge >= 0.3 is 5.97 Å². The number of nitrogens with one attached hydrogen (secondary N) is 1. The van der Waals surface area contributed by atoms with Gasteiger partial charge in [-0.2, -0.15) is 0 Å². The Bertz CT molecular complexity index is 611. The molecule has 2 aromatic carbocycles. The first kappa shape index (κ1) is 14.4. The summed E-state index contributed by atoms with van der Waals surface area (Å²) in [7, 11) is 0. The number of aliphatic hydroxyl groups excluding tert-OH is 1. The normalized spacial score (nSPS) is 10.3. The van der Waals surface area contributed by atoms with Crippen LogP contribution >= 0.6 is 11.6 Å². The number of carboxylic acids is 1. The summed E-state index contributed by atoms with van der Waals surface area (Å²) in [6, 6.07) is 12.1. The molecular formula is C15H14ClNO3. The van der Waals surface area contributed by atoms with E-state index in [0.29, 0.717) is 17.3 Å². The van der Waals surface area contributed by atoms with Crippen molar-refractivity contribution in [3.8, 4) is 0 Å². The van der Waals surface area contributed by atoms with Gasteiger partial charge in [0.1, 0.15) is 0 Å². The van der Waals surface area contributed by atoms with Crippen molar-refractivity contribution in [1.29, 1.82) is 0 Å². The molecule has 0 aliphatic heterocycles. The lowest BCUT2D eigenvalue weighted by atomic mass is 10.1. The summed E-state index contributed by atoms with van der Waals surface area (Å²) in [5, 5.41) is 21.6. The molecule has 0 saturated heterocycles. The van der Waals surface area contributed by atoms with Crippen LogP contribution in [-0.2, 0) is 13.2 Å². The van der Waals surface area contributed by atoms with E-state index in [2.05, 4.69) is 5.32 Å². The molecule has 0 saturated carbocycles. The molecule has 2 rings (SSSR count). The third-order valence-electron chi connectivity index (χ3n) is 2.90. The van der Waals surface area contributed by atoms with Gasteiger partial charge in [-0.25, -0.2) is 4.79 Å². The minimum absolute atomic E-state index is 0.00799. The second-order valence-corrected chi connectivity index (χ2v) is 4.76. The van der Waals surface area contributed by atoms with E-state index in [-0.39, 0.29) is 12.2 Å². The predicted octanol–water partition coefficient (Wildman–Crippen LogP) is 3.14. The van der Waals surface area contributed by atoms with Gasteiger partial charge in [-0.3, -0.25) is 0 Å². The van der Waals surface area contributed by atoms with Crippen molar-refractivity contribution in [2.75, 3.05) is 5.32 Å². The number of rotatable bonds is 5. The predicted molar refractivity (Wildman–Crippen MR) is 78.1 cm³/mol. The molecule has 0 fully saturated rings. The highest BCUT2D eigenvalue weighted by Gasteiger charge is 2.10.